The zero-order valence-electron chi connectivity index (χ0n) is 13.2. The summed E-state index contributed by atoms with van der Waals surface area (Å²) in [5.74, 6) is 0.797. The summed E-state index contributed by atoms with van der Waals surface area (Å²) in [4.78, 5) is 4.51. The van der Waals surface area contributed by atoms with Crippen molar-refractivity contribution in [3.63, 3.8) is 0 Å². The van der Waals surface area contributed by atoms with E-state index >= 15 is 0 Å². The van der Waals surface area contributed by atoms with Crippen LogP contribution in [0, 0.1) is 0 Å². The highest BCUT2D eigenvalue weighted by atomic mass is 16.5. The van der Waals surface area contributed by atoms with Crippen molar-refractivity contribution in [3.05, 3.63) is 24.0 Å². The molecule has 1 aromatic rings. The molecule has 0 aromatic carbocycles. The summed E-state index contributed by atoms with van der Waals surface area (Å²) < 4.78 is 11.1. The Morgan fingerprint density at radius 3 is 2.60 bits per heavy atom. The third kappa shape index (κ3) is 5.88. The van der Waals surface area contributed by atoms with E-state index in [1.54, 1.807) is 6.20 Å². The van der Waals surface area contributed by atoms with E-state index in [4.69, 9.17) is 9.47 Å². The third-order valence-corrected chi connectivity index (χ3v) is 3.06. The summed E-state index contributed by atoms with van der Waals surface area (Å²) in [7, 11) is 0. The Kier molecular flexibility index (Phi) is 8.23. The highest BCUT2D eigenvalue weighted by Crippen LogP contribution is 2.18. The number of rotatable bonds is 10. The van der Waals surface area contributed by atoms with Crippen LogP contribution in [0.2, 0.25) is 0 Å². The van der Waals surface area contributed by atoms with Crippen molar-refractivity contribution in [1.29, 1.82) is 0 Å². The molecule has 2 unspecified atom stereocenters. The Bertz CT molecular complexity index is 354. The Hall–Kier alpha value is -1.13. The van der Waals surface area contributed by atoms with Crippen LogP contribution in [0.25, 0.3) is 0 Å². The molecule has 0 radical (unpaired) electrons. The molecular weight excluding hydrogens is 252 g/mol. The van der Waals surface area contributed by atoms with Crippen LogP contribution in [0.5, 0.6) is 5.75 Å². The largest absolute Gasteiger partial charge is 0.487 e. The van der Waals surface area contributed by atoms with E-state index in [0.29, 0.717) is 19.3 Å². The number of nitrogens with one attached hydrogen (secondary N) is 1. The van der Waals surface area contributed by atoms with Gasteiger partial charge in [0.25, 0.3) is 0 Å². The maximum Gasteiger partial charge on any atom is 0.138 e. The molecule has 4 nitrogen and oxygen atoms in total. The second-order valence-electron chi connectivity index (χ2n) is 4.92. The third-order valence-electron chi connectivity index (χ3n) is 3.06. The van der Waals surface area contributed by atoms with Crippen LogP contribution in [0.3, 0.4) is 0 Å². The van der Waals surface area contributed by atoms with Gasteiger partial charge < -0.3 is 14.8 Å². The predicted octanol–water partition coefficient (Wildman–Crippen LogP) is 3.34. The second kappa shape index (κ2) is 9.72. The van der Waals surface area contributed by atoms with Crippen molar-refractivity contribution < 1.29 is 9.47 Å². The molecule has 0 aliphatic rings. The van der Waals surface area contributed by atoms with E-state index < -0.39 is 0 Å². The summed E-state index contributed by atoms with van der Waals surface area (Å²) in [6.45, 7) is 10.7. The predicted molar refractivity (Wildman–Crippen MR) is 82.1 cm³/mol. The molecule has 0 aliphatic heterocycles. The van der Waals surface area contributed by atoms with Gasteiger partial charge in [-0.25, -0.2) is 0 Å². The Labute approximate surface area is 122 Å². The van der Waals surface area contributed by atoms with E-state index in [2.05, 4.69) is 24.1 Å². The molecule has 0 saturated heterocycles. The number of aromatic nitrogens is 1. The van der Waals surface area contributed by atoms with Crippen LogP contribution in [0.4, 0.5) is 0 Å². The molecular formula is C16H28N2O2. The maximum atomic E-state index is 5.76. The van der Waals surface area contributed by atoms with Crippen LogP contribution in [0.1, 0.15) is 52.3 Å². The van der Waals surface area contributed by atoms with Gasteiger partial charge in [0.15, 0.2) is 0 Å². The topological polar surface area (TPSA) is 43.4 Å². The van der Waals surface area contributed by atoms with Gasteiger partial charge >= 0.3 is 0 Å². The van der Waals surface area contributed by atoms with Crippen molar-refractivity contribution in [1.82, 2.24) is 10.3 Å². The Morgan fingerprint density at radius 2 is 2.05 bits per heavy atom. The molecule has 1 heterocycles. The van der Waals surface area contributed by atoms with Crippen molar-refractivity contribution in [2.24, 2.45) is 0 Å². The molecule has 4 heteroatoms. The average Bonchev–Trinajstić information content (AvgIpc) is 2.47. The first-order valence-electron chi connectivity index (χ1n) is 7.64. The van der Waals surface area contributed by atoms with Crippen LogP contribution in [-0.4, -0.2) is 30.8 Å². The first-order chi connectivity index (χ1) is 9.71. The monoisotopic (exact) mass is 280 g/mol. The first kappa shape index (κ1) is 16.9. The van der Waals surface area contributed by atoms with E-state index in [0.717, 1.165) is 30.8 Å². The number of hydrogen-bond donors (Lipinski definition) is 1. The van der Waals surface area contributed by atoms with Crippen molar-refractivity contribution >= 4 is 0 Å². The summed E-state index contributed by atoms with van der Waals surface area (Å²) in [6.07, 6.45) is 4.01. The van der Waals surface area contributed by atoms with Gasteiger partial charge in [-0.2, -0.15) is 0 Å². The molecule has 1 rings (SSSR count). The molecule has 1 N–H and O–H groups in total. The maximum absolute atomic E-state index is 5.76. The smallest absolute Gasteiger partial charge is 0.138 e. The van der Waals surface area contributed by atoms with Gasteiger partial charge in [-0.3, -0.25) is 4.98 Å². The standard InChI is InChI=1S/C16H28N2O2/c1-5-10-17-15(6-2)16-9-8-14(11-18-16)20-13(4)12-19-7-3/h8-9,11,13,15,17H,5-7,10,12H2,1-4H3. The van der Waals surface area contributed by atoms with Gasteiger partial charge in [0.1, 0.15) is 11.9 Å². The van der Waals surface area contributed by atoms with Crippen LogP contribution >= 0.6 is 0 Å². The zero-order chi connectivity index (χ0) is 14.8. The highest BCUT2D eigenvalue weighted by molar-refractivity contribution is 5.21. The number of pyridine rings is 1. The molecule has 0 amide bonds. The fourth-order valence-electron chi connectivity index (χ4n) is 1.99. The minimum absolute atomic E-state index is 0.0442. The van der Waals surface area contributed by atoms with Crippen molar-refractivity contribution in [2.75, 3.05) is 19.8 Å². The average molecular weight is 280 g/mol. The normalized spacial score (nSPS) is 14.0. The van der Waals surface area contributed by atoms with E-state index in [9.17, 15) is 0 Å². The summed E-state index contributed by atoms with van der Waals surface area (Å²) in [5.41, 5.74) is 1.07. The summed E-state index contributed by atoms with van der Waals surface area (Å²) >= 11 is 0. The minimum atomic E-state index is 0.0442. The lowest BCUT2D eigenvalue weighted by molar-refractivity contribution is 0.0655. The SMILES string of the molecule is CCCNC(CC)c1ccc(OC(C)COCC)cn1. The first-order valence-corrected chi connectivity index (χ1v) is 7.64. The zero-order valence-corrected chi connectivity index (χ0v) is 13.2. The van der Waals surface area contributed by atoms with E-state index in [1.165, 1.54) is 0 Å². The van der Waals surface area contributed by atoms with Crippen molar-refractivity contribution in [3.8, 4) is 5.75 Å². The lowest BCUT2D eigenvalue weighted by atomic mass is 10.1. The molecule has 0 aliphatic carbocycles. The van der Waals surface area contributed by atoms with E-state index in [-0.39, 0.29) is 6.10 Å². The van der Waals surface area contributed by atoms with Gasteiger partial charge in [-0.15, -0.1) is 0 Å². The molecule has 0 bridgehead atoms. The molecule has 0 spiro atoms. The van der Waals surface area contributed by atoms with Gasteiger partial charge in [0.2, 0.25) is 0 Å². The number of nitrogens with zero attached hydrogens (tertiary/aromatic N) is 1. The van der Waals surface area contributed by atoms with Gasteiger partial charge in [0.05, 0.1) is 18.5 Å². The summed E-state index contributed by atoms with van der Waals surface area (Å²) in [6, 6.07) is 4.35. The minimum Gasteiger partial charge on any atom is -0.487 e. The van der Waals surface area contributed by atoms with E-state index in [1.807, 2.05) is 26.0 Å². The fraction of sp³-hybridized carbons (Fsp3) is 0.688. The lowest BCUT2D eigenvalue weighted by Crippen LogP contribution is -2.22. The van der Waals surface area contributed by atoms with Crippen LogP contribution in [-0.2, 0) is 4.74 Å². The van der Waals surface area contributed by atoms with Crippen molar-refractivity contribution in [2.45, 2.75) is 52.7 Å². The Balaban J connectivity index is 2.54. The van der Waals surface area contributed by atoms with Gasteiger partial charge in [-0.1, -0.05) is 13.8 Å². The molecule has 2 atom stereocenters. The fourth-order valence-corrected chi connectivity index (χ4v) is 1.99. The molecule has 114 valence electrons. The van der Waals surface area contributed by atoms with Crippen LogP contribution in [0.15, 0.2) is 18.3 Å². The lowest BCUT2D eigenvalue weighted by Gasteiger charge is -2.17. The molecule has 0 fully saturated rings. The highest BCUT2D eigenvalue weighted by Gasteiger charge is 2.10. The number of ether oxygens (including phenoxy) is 2. The Morgan fingerprint density at radius 1 is 1.25 bits per heavy atom. The molecule has 20 heavy (non-hydrogen) atoms. The number of hydrogen-bond acceptors (Lipinski definition) is 4. The van der Waals surface area contributed by atoms with Crippen LogP contribution < -0.4 is 10.1 Å². The summed E-state index contributed by atoms with van der Waals surface area (Å²) in [5, 5.41) is 3.50. The van der Waals surface area contributed by atoms with Gasteiger partial charge in [-0.05, 0) is 45.4 Å². The van der Waals surface area contributed by atoms with Gasteiger partial charge in [0, 0.05) is 12.6 Å². The molecule has 0 saturated carbocycles. The quantitative estimate of drug-likeness (QED) is 0.714. The second-order valence-corrected chi connectivity index (χ2v) is 4.92. The molecule has 1 aromatic heterocycles.